The van der Waals surface area contributed by atoms with Crippen LogP contribution in [0.3, 0.4) is 0 Å². The molecule has 0 saturated carbocycles. The minimum absolute atomic E-state index is 1.11. The molecule has 0 heteroatoms. The number of hydrogen-bond acceptors (Lipinski definition) is 0. The normalized spacial score (nSPS) is 11.5. The lowest BCUT2D eigenvalue weighted by molar-refractivity contribution is 0.792. The van der Waals surface area contributed by atoms with Gasteiger partial charge < -0.3 is 0 Å². The first-order valence-electron chi connectivity index (χ1n) is 5.67. The molecule has 80 valence electrons. The number of unbranched alkanes of at least 4 members (excludes halogenated alkanes) is 2. The molecule has 0 heterocycles. The first-order chi connectivity index (χ1) is 6.63. The molecule has 0 aromatic rings. The Labute approximate surface area is 89.4 Å². The van der Waals surface area contributed by atoms with Gasteiger partial charge in [0.2, 0.25) is 0 Å². The summed E-state index contributed by atoms with van der Waals surface area (Å²) in [6.45, 7) is 14.6. The molecule has 0 aromatic carbocycles. The monoisotopic (exact) mass is 192 g/mol. The van der Waals surface area contributed by atoms with E-state index < -0.39 is 0 Å². The van der Waals surface area contributed by atoms with Crippen molar-refractivity contribution < 1.29 is 0 Å². The molecule has 0 bridgehead atoms. The quantitative estimate of drug-likeness (QED) is 0.496. The highest BCUT2D eigenvalue weighted by Crippen LogP contribution is 2.22. The summed E-state index contributed by atoms with van der Waals surface area (Å²) in [5.74, 6) is 0. The maximum Gasteiger partial charge on any atom is -0.0247 e. The van der Waals surface area contributed by atoms with Gasteiger partial charge in [0.05, 0.1) is 0 Å². The van der Waals surface area contributed by atoms with Gasteiger partial charge in [-0.15, -0.1) is 0 Å². The van der Waals surface area contributed by atoms with E-state index >= 15 is 0 Å². The predicted octanol–water partition coefficient (Wildman–Crippen LogP) is 5.04. The molecule has 0 spiro atoms. The molecular weight excluding hydrogens is 168 g/mol. The second-order valence-electron chi connectivity index (χ2n) is 3.89. The van der Waals surface area contributed by atoms with Gasteiger partial charge in [-0.25, -0.2) is 0 Å². The van der Waals surface area contributed by atoms with Crippen molar-refractivity contribution in [2.75, 3.05) is 0 Å². The Morgan fingerprint density at radius 2 is 1.79 bits per heavy atom. The predicted molar refractivity (Wildman–Crippen MR) is 66.5 cm³/mol. The molecule has 14 heavy (non-hydrogen) atoms. The van der Waals surface area contributed by atoms with Gasteiger partial charge in [0.15, 0.2) is 0 Å². The molecule has 0 amide bonds. The molecule has 0 radical (unpaired) electrons. The molecule has 0 atom stereocenters. The topological polar surface area (TPSA) is 0 Å². The fourth-order valence-electron chi connectivity index (χ4n) is 1.43. The van der Waals surface area contributed by atoms with Crippen LogP contribution in [0, 0.1) is 0 Å². The highest BCUT2D eigenvalue weighted by atomic mass is 14.1. The summed E-state index contributed by atoms with van der Waals surface area (Å²) in [6, 6.07) is 0. The summed E-state index contributed by atoms with van der Waals surface area (Å²) in [5, 5.41) is 0. The van der Waals surface area contributed by atoms with Gasteiger partial charge >= 0.3 is 0 Å². The lowest BCUT2D eigenvalue weighted by Crippen LogP contribution is -1.90. The zero-order chi connectivity index (χ0) is 11.0. The van der Waals surface area contributed by atoms with Crippen LogP contribution in [-0.4, -0.2) is 0 Å². The van der Waals surface area contributed by atoms with Crippen LogP contribution < -0.4 is 0 Å². The zero-order valence-corrected chi connectivity index (χ0v) is 10.0. The van der Waals surface area contributed by atoms with E-state index in [-0.39, 0.29) is 0 Å². The average molecular weight is 192 g/mol. The van der Waals surface area contributed by atoms with Crippen LogP contribution in [0.15, 0.2) is 36.0 Å². The summed E-state index contributed by atoms with van der Waals surface area (Å²) < 4.78 is 0. The number of allylic oxidation sites excluding steroid dienone is 4. The SMILES string of the molecule is C=C(C)/C(=C/CCC)C(=C)CCCC. The molecule has 0 aromatic heterocycles. The van der Waals surface area contributed by atoms with Crippen LogP contribution in [0.4, 0.5) is 0 Å². The third-order valence-electron chi connectivity index (χ3n) is 2.31. The molecule has 0 nitrogen and oxygen atoms in total. The Kier molecular flexibility index (Phi) is 7.18. The smallest absolute Gasteiger partial charge is 0.0247 e. The largest absolute Gasteiger partial charge is 0.0955 e. The van der Waals surface area contributed by atoms with Gasteiger partial charge in [-0.3, -0.25) is 0 Å². The van der Waals surface area contributed by atoms with Crippen LogP contribution in [0.2, 0.25) is 0 Å². The number of rotatable bonds is 7. The Hall–Kier alpha value is -0.780. The highest BCUT2D eigenvalue weighted by Gasteiger charge is 2.02. The van der Waals surface area contributed by atoms with Crippen molar-refractivity contribution in [1.29, 1.82) is 0 Å². The van der Waals surface area contributed by atoms with Gasteiger partial charge in [0, 0.05) is 0 Å². The second-order valence-corrected chi connectivity index (χ2v) is 3.89. The molecule has 0 aliphatic carbocycles. The van der Waals surface area contributed by atoms with E-state index in [0.29, 0.717) is 0 Å². The van der Waals surface area contributed by atoms with E-state index in [0.717, 1.165) is 18.4 Å². The fourth-order valence-corrected chi connectivity index (χ4v) is 1.43. The van der Waals surface area contributed by atoms with Gasteiger partial charge in [-0.05, 0) is 37.3 Å². The average Bonchev–Trinajstić information content (AvgIpc) is 2.14. The molecule has 0 rings (SSSR count). The van der Waals surface area contributed by atoms with E-state index in [4.69, 9.17) is 0 Å². The summed E-state index contributed by atoms with van der Waals surface area (Å²) in [5.41, 5.74) is 3.70. The summed E-state index contributed by atoms with van der Waals surface area (Å²) in [6.07, 6.45) is 8.18. The molecule has 0 aliphatic heterocycles. The molecule has 0 unspecified atom stereocenters. The van der Waals surface area contributed by atoms with Gasteiger partial charge in [0.1, 0.15) is 0 Å². The Balaban J connectivity index is 4.34. The third-order valence-corrected chi connectivity index (χ3v) is 2.31. The van der Waals surface area contributed by atoms with E-state index in [1.54, 1.807) is 0 Å². The van der Waals surface area contributed by atoms with Crippen molar-refractivity contribution in [1.82, 2.24) is 0 Å². The molecule has 0 fully saturated rings. The summed E-state index contributed by atoms with van der Waals surface area (Å²) in [7, 11) is 0. The van der Waals surface area contributed by atoms with E-state index in [1.807, 2.05) is 0 Å². The zero-order valence-electron chi connectivity index (χ0n) is 10.0. The lowest BCUT2D eigenvalue weighted by Gasteiger charge is -2.10. The van der Waals surface area contributed by atoms with Crippen LogP contribution >= 0.6 is 0 Å². The van der Waals surface area contributed by atoms with Crippen LogP contribution in [-0.2, 0) is 0 Å². The summed E-state index contributed by atoms with van der Waals surface area (Å²) in [4.78, 5) is 0. The van der Waals surface area contributed by atoms with Crippen LogP contribution in [0.5, 0.6) is 0 Å². The minimum atomic E-state index is 1.11. The van der Waals surface area contributed by atoms with E-state index in [2.05, 4.69) is 40.0 Å². The van der Waals surface area contributed by atoms with E-state index in [1.165, 1.54) is 30.4 Å². The van der Waals surface area contributed by atoms with Gasteiger partial charge in [-0.1, -0.05) is 51.5 Å². The molecule has 0 N–H and O–H groups in total. The Morgan fingerprint density at radius 3 is 2.21 bits per heavy atom. The van der Waals surface area contributed by atoms with Gasteiger partial charge in [-0.2, -0.15) is 0 Å². The number of hydrogen-bond donors (Lipinski definition) is 0. The van der Waals surface area contributed by atoms with Crippen LogP contribution in [0.1, 0.15) is 52.9 Å². The van der Waals surface area contributed by atoms with Crippen molar-refractivity contribution in [3.05, 3.63) is 36.0 Å². The van der Waals surface area contributed by atoms with Crippen molar-refractivity contribution in [2.24, 2.45) is 0 Å². The van der Waals surface area contributed by atoms with E-state index in [9.17, 15) is 0 Å². The molecular formula is C14H24. The van der Waals surface area contributed by atoms with Crippen molar-refractivity contribution >= 4 is 0 Å². The maximum atomic E-state index is 4.14. The minimum Gasteiger partial charge on any atom is -0.0955 e. The van der Waals surface area contributed by atoms with Crippen molar-refractivity contribution in [3.8, 4) is 0 Å². The van der Waals surface area contributed by atoms with Crippen LogP contribution in [0.25, 0.3) is 0 Å². The highest BCUT2D eigenvalue weighted by molar-refractivity contribution is 5.42. The molecule has 0 saturated heterocycles. The lowest BCUT2D eigenvalue weighted by atomic mass is 9.96. The summed E-state index contributed by atoms with van der Waals surface area (Å²) >= 11 is 0. The first kappa shape index (κ1) is 13.2. The third kappa shape index (κ3) is 5.06. The Morgan fingerprint density at radius 1 is 1.14 bits per heavy atom. The maximum absolute atomic E-state index is 4.14. The first-order valence-corrected chi connectivity index (χ1v) is 5.67. The van der Waals surface area contributed by atoms with Crippen molar-refractivity contribution in [2.45, 2.75) is 52.9 Å². The van der Waals surface area contributed by atoms with Crippen molar-refractivity contribution in [3.63, 3.8) is 0 Å². The van der Waals surface area contributed by atoms with Gasteiger partial charge in [0.25, 0.3) is 0 Å². The fraction of sp³-hybridized carbons (Fsp3) is 0.571. The molecule has 0 aliphatic rings. The Bertz CT molecular complexity index is 218. The standard InChI is InChI=1S/C14H24/c1-6-8-10-13(5)14(12(3)4)11-9-7-2/h11H,3,5-10H2,1-2,4H3/b14-11-. The second kappa shape index (κ2) is 7.61.